The molecule has 4 N–H and O–H groups in total. The van der Waals surface area contributed by atoms with E-state index in [0.29, 0.717) is 28.5 Å². The van der Waals surface area contributed by atoms with Crippen molar-refractivity contribution in [2.24, 2.45) is 0 Å². The van der Waals surface area contributed by atoms with E-state index in [0.717, 1.165) is 5.69 Å². The van der Waals surface area contributed by atoms with Crippen molar-refractivity contribution in [3.05, 3.63) is 59.3 Å². The lowest BCUT2D eigenvalue weighted by Gasteiger charge is -2.14. The van der Waals surface area contributed by atoms with Gasteiger partial charge in [-0.25, -0.2) is 19.9 Å². The number of aryl methyl sites for hydroxylation is 2. The van der Waals surface area contributed by atoms with Crippen LogP contribution in [0.1, 0.15) is 32.2 Å². The number of ether oxygens (including phenoxy) is 1. The standard InChI is InChI=1S/C22H22N8O3/c1-11-7-19(27-12(2)26-11)30-18-9-16(14(10-25-18)20(31)23-3)28-21(32)13-8-17-15(5-6-24-17)29-22(13)33-4/h5-10,24H,1-4H3,(H,23,31)(H2,25,26,27,28,30,32). The zero-order chi connectivity index (χ0) is 23.5. The molecular weight excluding hydrogens is 424 g/mol. The van der Waals surface area contributed by atoms with Gasteiger partial charge in [0.05, 0.1) is 29.4 Å². The molecule has 0 unspecified atom stereocenters. The highest BCUT2D eigenvalue weighted by molar-refractivity contribution is 6.11. The molecule has 0 radical (unpaired) electrons. The second-order valence-electron chi connectivity index (χ2n) is 7.17. The summed E-state index contributed by atoms with van der Waals surface area (Å²) in [5.41, 5.74) is 2.80. The molecule has 0 aliphatic rings. The van der Waals surface area contributed by atoms with Crippen molar-refractivity contribution in [1.29, 1.82) is 0 Å². The van der Waals surface area contributed by atoms with Crippen LogP contribution in [0.15, 0.2) is 36.7 Å². The number of hydrogen-bond donors (Lipinski definition) is 4. The summed E-state index contributed by atoms with van der Waals surface area (Å²) < 4.78 is 5.30. The monoisotopic (exact) mass is 446 g/mol. The Hall–Kier alpha value is -4.54. The molecule has 0 bridgehead atoms. The molecule has 2 amide bonds. The average molecular weight is 446 g/mol. The summed E-state index contributed by atoms with van der Waals surface area (Å²) in [7, 11) is 2.94. The first kappa shape index (κ1) is 21.7. The number of carbonyl (C=O) groups is 2. The highest BCUT2D eigenvalue weighted by Crippen LogP contribution is 2.25. The Kier molecular flexibility index (Phi) is 5.85. The lowest BCUT2D eigenvalue weighted by Crippen LogP contribution is -2.22. The van der Waals surface area contributed by atoms with Crippen LogP contribution in [0.4, 0.5) is 17.3 Å². The number of amides is 2. The van der Waals surface area contributed by atoms with E-state index >= 15 is 0 Å². The van der Waals surface area contributed by atoms with Crippen LogP contribution in [-0.2, 0) is 0 Å². The van der Waals surface area contributed by atoms with Crippen LogP contribution in [-0.4, -0.2) is 50.9 Å². The Labute approximate surface area is 189 Å². The van der Waals surface area contributed by atoms with Crippen molar-refractivity contribution in [2.75, 3.05) is 24.8 Å². The summed E-state index contributed by atoms with van der Waals surface area (Å²) >= 11 is 0. The van der Waals surface area contributed by atoms with E-state index in [2.05, 4.69) is 40.9 Å². The van der Waals surface area contributed by atoms with Crippen LogP contribution in [0.25, 0.3) is 11.0 Å². The molecule has 11 heteroatoms. The number of nitrogens with one attached hydrogen (secondary N) is 4. The maximum Gasteiger partial charge on any atom is 0.261 e. The highest BCUT2D eigenvalue weighted by Gasteiger charge is 2.20. The minimum atomic E-state index is -0.494. The third kappa shape index (κ3) is 4.56. The number of nitrogens with zero attached hydrogens (tertiary/aromatic N) is 4. The molecule has 168 valence electrons. The summed E-state index contributed by atoms with van der Waals surface area (Å²) in [5.74, 6) is 0.809. The number of anilines is 3. The van der Waals surface area contributed by atoms with Crippen LogP contribution in [0.2, 0.25) is 0 Å². The summed E-state index contributed by atoms with van der Waals surface area (Å²) in [4.78, 5) is 45.8. The number of aromatic nitrogens is 5. The number of H-pyrrole nitrogens is 1. The number of pyridine rings is 2. The Morgan fingerprint density at radius 2 is 1.82 bits per heavy atom. The minimum Gasteiger partial charge on any atom is -0.480 e. The second kappa shape index (κ2) is 8.91. The maximum absolute atomic E-state index is 13.1. The van der Waals surface area contributed by atoms with Gasteiger partial charge < -0.3 is 25.7 Å². The van der Waals surface area contributed by atoms with Crippen molar-refractivity contribution in [1.82, 2.24) is 30.2 Å². The van der Waals surface area contributed by atoms with Gasteiger partial charge in [-0.1, -0.05) is 0 Å². The SMILES string of the molecule is CNC(=O)c1cnc(Nc2cc(C)nc(C)n2)cc1NC(=O)c1cc2[nH]ccc2nc1OC. The van der Waals surface area contributed by atoms with Crippen LogP contribution in [0.3, 0.4) is 0 Å². The van der Waals surface area contributed by atoms with Gasteiger partial charge in [-0.15, -0.1) is 0 Å². The molecule has 0 aromatic carbocycles. The molecule has 0 saturated heterocycles. The number of hydrogen-bond acceptors (Lipinski definition) is 8. The number of rotatable bonds is 6. The van der Waals surface area contributed by atoms with E-state index in [4.69, 9.17) is 4.74 Å². The molecule has 4 aromatic rings. The van der Waals surface area contributed by atoms with Gasteiger partial charge in [-0.2, -0.15) is 0 Å². The fourth-order valence-corrected chi connectivity index (χ4v) is 3.33. The fourth-order valence-electron chi connectivity index (χ4n) is 3.33. The normalized spacial score (nSPS) is 10.7. The molecule has 0 aliphatic carbocycles. The zero-order valence-electron chi connectivity index (χ0n) is 18.5. The summed E-state index contributed by atoms with van der Waals surface area (Å²) in [6.07, 6.45) is 3.10. The van der Waals surface area contributed by atoms with Crippen LogP contribution in [0, 0.1) is 13.8 Å². The molecule has 4 rings (SSSR count). The number of fused-ring (bicyclic) bond motifs is 1. The predicted molar refractivity (Wildman–Crippen MR) is 123 cm³/mol. The molecule has 0 spiro atoms. The van der Waals surface area contributed by atoms with E-state index in [1.165, 1.54) is 20.4 Å². The minimum absolute atomic E-state index is 0.167. The van der Waals surface area contributed by atoms with Gasteiger partial charge in [-0.3, -0.25) is 9.59 Å². The number of carbonyl (C=O) groups excluding carboxylic acids is 2. The van der Waals surface area contributed by atoms with Crippen molar-refractivity contribution in [2.45, 2.75) is 13.8 Å². The van der Waals surface area contributed by atoms with Crippen molar-refractivity contribution in [3.8, 4) is 5.88 Å². The van der Waals surface area contributed by atoms with Gasteiger partial charge in [0.15, 0.2) is 0 Å². The van der Waals surface area contributed by atoms with Gasteiger partial charge in [0.2, 0.25) is 5.88 Å². The first-order chi connectivity index (χ1) is 15.9. The van der Waals surface area contributed by atoms with Crippen molar-refractivity contribution >= 4 is 40.2 Å². The van der Waals surface area contributed by atoms with Crippen molar-refractivity contribution < 1.29 is 14.3 Å². The molecule has 0 atom stereocenters. The van der Waals surface area contributed by atoms with Crippen LogP contribution < -0.4 is 20.7 Å². The molecule has 0 fully saturated rings. The Bertz CT molecular complexity index is 1350. The molecular formula is C22H22N8O3. The predicted octanol–water partition coefficient (Wildman–Crippen LogP) is 2.73. The smallest absolute Gasteiger partial charge is 0.261 e. The lowest BCUT2D eigenvalue weighted by atomic mass is 10.1. The Morgan fingerprint density at radius 3 is 2.55 bits per heavy atom. The molecule has 4 heterocycles. The highest BCUT2D eigenvalue weighted by atomic mass is 16.5. The van der Waals surface area contributed by atoms with Gasteiger partial charge in [0, 0.05) is 37.3 Å². The second-order valence-corrected chi connectivity index (χ2v) is 7.17. The summed E-state index contributed by atoms with van der Waals surface area (Å²) in [5, 5.41) is 8.40. The first-order valence-corrected chi connectivity index (χ1v) is 10.0. The quantitative estimate of drug-likeness (QED) is 0.353. The lowest BCUT2D eigenvalue weighted by molar-refractivity contribution is 0.0963. The van der Waals surface area contributed by atoms with Gasteiger partial charge in [-0.05, 0) is 26.0 Å². The van der Waals surface area contributed by atoms with E-state index < -0.39 is 11.8 Å². The molecule has 33 heavy (non-hydrogen) atoms. The van der Waals surface area contributed by atoms with Gasteiger partial charge >= 0.3 is 0 Å². The molecule has 0 aliphatic heterocycles. The third-order valence-corrected chi connectivity index (χ3v) is 4.78. The Morgan fingerprint density at radius 1 is 1.00 bits per heavy atom. The largest absolute Gasteiger partial charge is 0.480 e. The van der Waals surface area contributed by atoms with E-state index in [-0.39, 0.29) is 22.7 Å². The van der Waals surface area contributed by atoms with Crippen LogP contribution >= 0.6 is 0 Å². The number of aromatic amines is 1. The van der Waals surface area contributed by atoms with E-state index in [1.807, 2.05) is 6.92 Å². The first-order valence-electron chi connectivity index (χ1n) is 10.0. The average Bonchev–Trinajstić information content (AvgIpc) is 3.24. The van der Waals surface area contributed by atoms with Crippen molar-refractivity contribution in [3.63, 3.8) is 0 Å². The van der Waals surface area contributed by atoms with Gasteiger partial charge in [0.1, 0.15) is 23.0 Å². The molecule has 0 saturated carbocycles. The Balaban J connectivity index is 1.69. The molecule has 4 aromatic heterocycles. The van der Waals surface area contributed by atoms with Crippen LogP contribution in [0.5, 0.6) is 5.88 Å². The third-order valence-electron chi connectivity index (χ3n) is 4.78. The summed E-state index contributed by atoms with van der Waals surface area (Å²) in [6, 6.07) is 6.74. The number of methoxy groups -OCH3 is 1. The topological polar surface area (TPSA) is 147 Å². The maximum atomic E-state index is 13.1. The van der Waals surface area contributed by atoms with E-state index in [1.54, 1.807) is 37.4 Å². The zero-order valence-corrected chi connectivity index (χ0v) is 18.5. The van der Waals surface area contributed by atoms with E-state index in [9.17, 15) is 9.59 Å². The fraction of sp³-hybridized carbons (Fsp3) is 0.182. The molecule has 11 nitrogen and oxygen atoms in total. The van der Waals surface area contributed by atoms with Gasteiger partial charge in [0.25, 0.3) is 11.8 Å². The summed E-state index contributed by atoms with van der Waals surface area (Å²) in [6.45, 7) is 3.64.